The van der Waals surface area contributed by atoms with Crippen LogP contribution < -0.4 is 31.1 Å². The highest BCUT2D eigenvalue weighted by molar-refractivity contribution is 7.00. The zero-order valence-corrected chi connectivity index (χ0v) is 65.4. The van der Waals surface area contributed by atoms with Crippen LogP contribution in [0.25, 0.3) is 0 Å². The second-order valence-corrected chi connectivity index (χ2v) is 43.1. The molecular formula is C87H102N6O9Si3. The molecule has 0 unspecified atom stereocenters. The maximum Gasteiger partial charge on any atom is 0.261 e. The van der Waals surface area contributed by atoms with Gasteiger partial charge in [-0.3, -0.25) is 28.8 Å². The summed E-state index contributed by atoms with van der Waals surface area (Å²) in [6.45, 7) is 16.1. The summed E-state index contributed by atoms with van der Waals surface area (Å²) < 4.78 is 22.4. The second kappa shape index (κ2) is 35.4. The van der Waals surface area contributed by atoms with Crippen LogP contribution in [0.1, 0.15) is 79.0 Å². The number of hydrogen-bond acceptors (Lipinski definition) is 9. The Morgan fingerprint density at radius 2 is 0.390 bits per heavy atom. The molecule has 105 heavy (non-hydrogen) atoms. The van der Waals surface area contributed by atoms with Crippen LogP contribution in [0.5, 0.6) is 0 Å². The largest absolute Gasteiger partial charge is 0.406 e. The Balaban J connectivity index is 1.09. The first-order chi connectivity index (χ1) is 50.4. The lowest BCUT2D eigenvalue weighted by Gasteiger charge is -2.43. The third kappa shape index (κ3) is 18.9. The molecule has 6 amide bonds. The van der Waals surface area contributed by atoms with E-state index in [-0.39, 0.29) is 59.1 Å². The molecule has 1 fully saturated rings. The van der Waals surface area contributed by atoms with Gasteiger partial charge in [-0.25, -0.2) is 0 Å². The molecule has 9 aromatic carbocycles. The van der Waals surface area contributed by atoms with Crippen LogP contribution >= 0.6 is 0 Å². The van der Waals surface area contributed by atoms with E-state index in [4.69, 9.17) is 13.3 Å². The highest BCUT2D eigenvalue weighted by Crippen LogP contribution is 2.39. The number of nitrogens with zero attached hydrogens (tertiary/aromatic N) is 6. The first-order valence-electron chi connectivity index (χ1n) is 36.5. The maximum atomic E-state index is 16.0. The molecule has 1 heterocycles. The molecule has 0 atom stereocenters. The van der Waals surface area contributed by atoms with E-state index in [9.17, 15) is 0 Å². The van der Waals surface area contributed by atoms with Crippen molar-refractivity contribution in [3.63, 3.8) is 0 Å². The van der Waals surface area contributed by atoms with E-state index in [1.165, 1.54) is 29.4 Å². The van der Waals surface area contributed by atoms with Crippen molar-refractivity contribution in [1.82, 2.24) is 29.4 Å². The highest BCUT2D eigenvalue weighted by Gasteiger charge is 2.53. The van der Waals surface area contributed by atoms with Crippen molar-refractivity contribution in [3.05, 3.63) is 290 Å². The van der Waals surface area contributed by atoms with Gasteiger partial charge in [-0.05, 0) is 62.9 Å². The van der Waals surface area contributed by atoms with Gasteiger partial charge in [0, 0.05) is 39.3 Å². The van der Waals surface area contributed by atoms with Gasteiger partial charge in [-0.1, -0.05) is 335 Å². The molecule has 0 bridgehead atoms. The van der Waals surface area contributed by atoms with Crippen molar-refractivity contribution >= 4 is 91.5 Å². The quantitative estimate of drug-likeness (QED) is 0.0539. The summed E-state index contributed by atoms with van der Waals surface area (Å²) in [5.41, 5.74) is 2.17. The molecule has 0 aliphatic carbocycles. The summed E-state index contributed by atoms with van der Waals surface area (Å²) in [4.78, 5) is 104. The first-order valence-corrected chi connectivity index (χ1v) is 42.2. The fourth-order valence-electron chi connectivity index (χ4n) is 14.8. The Labute approximate surface area is 624 Å². The summed E-state index contributed by atoms with van der Waals surface area (Å²) in [6.07, 6.45) is 0. The van der Waals surface area contributed by atoms with E-state index in [2.05, 4.69) is 135 Å². The average molecular weight is 1460 g/mol. The monoisotopic (exact) mass is 1460 g/mol. The molecule has 1 saturated heterocycles. The van der Waals surface area contributed by atoms with Crippen LogP contribution in [0.15, 0.2) is 273 Å². The molecule has 1 aliphatic rings. The van der Waals surface area contributed by atoms with Crippen molar-refractivity contribution in [2.24, 2.45) is 0 Å². The first kappa shape index (κ1) is 77.9. The molecule has 0 spiro atoms. The molecule has 0 aromatic heterocycles. The molecule has 15 nitrogen and oxygen atoms in total. The van der Waals surface area contributed by atoms with Gasteiger partial charge in [-0.2, -0.15) is 0 Å². The summed E-state index contributed by atoms with van der Waals surface area (Å²) in [5, 5.41) is 4.81. The number of carbonyl (C=O) groups excluding carboxylic acids is 6. The van der Waals surface area contributed by atoms with E-state index in [0.717, 1.165) is 47.8 Å². The van der Waals surface area contributed by atoms with Gasteiger partial charge in [0.15, 0.2) is 0 Å². The van der Waals surface area contributed by atoms with Gasteiger partial charge in [-0.15, -0.1) is 0 Å². The number of hydrogen-bond donors (Lipinski definition) is 0. The van der Waals surface area contributed by atoms with Crippen LogP contribution in [0.2, 0.25) is 15.1 Å². The normalized spacial score (nSPS) is 14.9. The SMILES string of the molecule is CC(C)(C)[Si](OCCN1CC(=O)N(Cc2ccccc2)CC(=O)N(CCO[Si](c2ccccc2)(c2ccccc2)C(C)(C)C)CC(=O)N(Cc2ccccc2)CC(=O)N(CCO[Si](c2ccccc2)(c2ccccc2)C(C)(C)C)CC(=O)N(Cc2ccccc2)CC1=O)(c1ccccc1)c1ccccc1. The molecule has 0 radical (unpaired) electrons. The van der Waals surface area contributed by atoms with Crippen molar-refractivity contribution < 1.29 is 42.0 Å². The Bertz CT molecular complexity index is 3710. The van der Waals surface area contributed by atoms with E-state index >= 15 is 28.8 Å². The van der Waals surface area contributed by atoms with Crippen LogP contribution in [-0.2, 0) is 61.7 Å². The fraction of sp³-hybridized carbons (Fsp3) is 0.310. The van der Waals surface area contributed by atoms with Crippen molar-refractivity contribution in [3.8, 4) is 0 Å². The van der Waals surface area contributed by atoms with Crippen molar-refractivity contribution in [2.75, 3.05) is 78.7 Å². The minimum absolute atomic E-state index is 0.00906. The lowest BCUT2D eigenvalue weighted by Crippen LogP contribution is -2.67. The van der Waals surface area contributed by atoms with Crippen LogP contribution in [0.4, 0.5) is 0 Å². The Morgan fingerprint density at radius 3 is 0.562 bits per heavy atom. The molecule has 18 heteroatoms. The predicted octanol–water partition coefficient (Wildman–Crippen LogP) is 10.3. The average Bonchev–Trinajstić information content (AvgIpc) is 0.760. The lowest BCUT2D eigenvalue weighted by molar-refractivity contribution is -0.150. The maximum absolute atomic E-state index is 16.0. The van der Waals surface area contributed by atoms with Gasteiger partial charge in [0.25, 0.3) is 25.0 Å². The van der Waals surface area contributed by atoms with E-state index in [1.54, 1.807) is 0 Å². The number of carbonyl (C=O) groups is 6. The molecule has 1 aliphatic heterocycles. The Morgan fingerprint density at radius 1 is 0.238 bits per heavy atom. The fourth-order valence-corrected chi connectivity index (χ4v) is 28.4. The zero-order chi connectivity index (χ0) is 74.7. The molecule has 10 rings (SSSR count). The zero-order valence-electron chi connectivity index (χ0n) is 62.4. The lowest BCUT2D eigenvalue weighted by atomic mass is 10.2. The number of rotatable bonds is 24. The molecule has 0 N–H and O–H groups in total. The summed E-state index contributed by atoms with van der Waals surface area (Å²) in [5.74, 6) is -3.31. The molecule has 9 aromatic rings. The van der Waals surface area contributed by atoms with Crippen molar-refractivity contribution in [2.45, 2.75) is 97.1 Å². The molecule has 546 valence electrons. The smallest absolute Gasteiger partial charge is 0.261 e. The summed E-state index contributed by atoms with van der Waals surface area (Å²) >= 11 is 0. The van der Waals surface area contributed by atoms with Crippen LogP contribution in [0.3, 0.4) is 0 Å². The van der Waals surface area contributed by atoms with E-state index < -0.39 is 115 Å². The summed E-state index contributed by atoms with van der Waals surface area (Å²) in [6, 6.07) is 89.1. The highest BCUT2D eigenvalue weighted by atomic mass is 28.4. The van der Waals surface area contributed by atoms with Crippen LogP contribution in [0, 0.1) is 0 Å². The minimum atomic E-state index is -3.24. The van der Waals surface area contributed by atoms with E-state index in [1.807, 2.05) is 200 Å². The number of amides is 6. The third-order valence-electron chi connectivity index (χ3n) is 20.0. The third-order valence-corrected chi connectivity index (χ3v) is 35.1. The Kier molecular flexibility index (Phi) is 26.3. The number of benzene rings is 9. The van der Waals surface area contributed by atoms with Gasteiger partial charge in [0.2, 0.25) is 35.4 Å². The summed E-state index contributed by atoms with van der Waals surface area (Å²) in [7, 11) is -9.72. The predicted molar refractivity (Wildman–Crippen MR) is 426 cm³/mol. The minimum Gasteiger partial charge on any atom is -0.406 e. The second-order valence-electron chi connectivity index (χ2n) is 30.2. The van der Waals surface area contributed by atoms with E-state index in [0.29, 0.717) is 0 Å². The molecular weight excluding hydrogens is 1360 g/mol. The van der Waals surface area contributed by atoms with Gasteiger partial charge in [0.1, 0.15) is 19.6 Å². The Hall–Kier alpha value is -9.67. The van der Waals surface area contributed by atoms with Gasteiger partial charge >= 0.3 is 0 Å². The van der Waals surface area contributed by atoms with Crippen molar-refractivity contribution in [1.29, 1.82) is 0 Å². The molecule has 0 saturated carbocycles. The standard InChI is InChI=1S/C87H102N6O9Si3/c1-85(2,3)103(73-43-25-13-26-44-73,74-45-27-14-28-46-74)100-58-55-88-64-82(97)92(62-71-39-21-11-22-40-71)68-80(95)90(57-60-102-105(87(7,8)9,77-51-33-17-34-52-77)78-53-35-18-36-54-78)66-84(99)93(63-72-41-23-12-24-42-72)69-81(96)89(65-83(98)91(67-79(88)94)61-70-37-19-10-20-38-70)56-59-101-104(86(4,5)6,75-47-29-15-30-48-75)76-49-31-16-32-50-76/h10-54H,55-69H2,1-9H3. The topological polar surface area (TPSA) is 150 Å². The van der Waals surface area contributed by atoms with Gasteiger partial charge < -0.3 is 42.7 Å². The van der Waals surface area contributed by atoms with Crippen LogP contribution in [-0.4, -0.2) is 169 Å². The van der Waals surface area contributed by atoms with Gasteiger partial charge in [0.05, 0.1) is 39.5 Å².